The second-order valence-electron chi connectivity index (χ2n) is 6.52. The van der Waals surface area contributed by atoms with Crippen LogP contribution in [0.4, 0.5) is 5.69 Å². The molecule has 1 aromatic rings. The molecule has 1 aromatic carbocycles. The summed E-state index contributed by atoms with van der Waals surface area (Å²) >= 11 is 0. The number of benzene rings is 1. The van der Waals surface area contributed by atoms with Gasteiger partial charge in [0.1, 0.15) is 6.61 Å². The molecule has 1 heterocycles. The monoisotopic (exact) mass is 389 g/mol. The van der Waals surface area contributed by atoms with Gasteiger partial charge in [-0.15, -0.1) is 0 Å². The Morgan fingerprint density at radius 2 is 1.96 bits per heavy atom. The highest BCUT2D eigenvalue weighted by Crippen LogP contribution is 2.25. The zero-order valence-electron chi connectivity index (χ0n) is 15.2. The van der Waals surface area contributed by atoms with Crippen LogP contribution in [0.15, 0.2) is 24.3 Å². The fourth-order valence-electron chi connectivity index (χ4n) is 2.92. The van der Waals surface area contributed by atoms with Crippen LogP contribution in [0.1, 0.15) is 19.4 Å². The molecule has 3 N–H and O–H groups in total. The lowest BCUT2D eigenvalue weighted by Gasteiger charge is -2.41. The van der Waals surface area contributed by atoms with Crippen molar-refractivity contribution in [2.24, 2.45) is 17.6 Å². The summed E-state index contributed by atoms with van der Waals surface area (Å²) in [5, 5.41) is 13.2. The maximum atomic E-state index is 12.5. The van der Waals surface area contributed by atoms with Gasteiger partial charge in [0.25, 0.3) is 11.5 Å². The molecule has 0 bridgehead atoms. The van der Waals surface area contributed by atoms with Gasteiger partial charge in [-0.1, -0.05) is 6.92 Å². The second kappa shape index (κ2) is 8.51. The normalized spacial score (nSPS) is 20.0. The van der Waals surface area contributed by atoms with Gasteiger partial charge in [0, 0.05) is 24.1 Å². The van der Waals surface area contributed by atoms with Crippen molar-refractivity contribution in [3.63, 3.8) is 0 Å². The van der Waals surface area contributed by atoms with E-state index in [2.05, 4.69) is 10.1 Å². The molecule has 0 saturated carbocycles. The number of ether oxygens (including phenoxy) is 1. The number of carbonyl (C=O) groups excluding carboxylic acids is 3. The fourth-order valence-corrected chi connectivity index (χ4v) is 2.92. The van der Waals surface area contributed by atoms with Crippen molar-refractivity contribution < 1.29 is 28.8 Å². The van der Waals surface area contributed by atoms with Gasteiger partial charge in [-0.05, 0) is 24.6 Å². The Hall–Kier alpha value is -3.43. The van der Waals surface area contributed by atoms with E-state index >= 15 is 0 Å². The van der Waals surface area contributed by atoms with Crippen LogP contribution in [0.25, 0.3) is 5.53 Å². The van der Waals surface area contributed by atoms with Gasteiger partial charge >= 0.3 is 11.7 Å². The Labute approximate surface area is 159 Å². The molecule has 1 amide bonds. The molecule has 28 heavy (non-hydrogen) atoms. The van der Waals surface area contributed by atoms with Gasteiger partial charge < -0.3 is 21.3 Å². The Morgan fingerprint density at radius 1 is 1.36 bits per heavy atom. The molecule has 1 aliphatic rings. The topological polar surface area (TPSA) is 178 Å². The third-order valence-electron chi connectivity index (χ3n) is 4.56. The summed E-state index contributed by atoms with van der Waals surface area (Å²) in [5.41, 5.74) is 14.3. The summed E-state index contributed by atoms with van der Waals surface area (Å²) in [7, 11) is 0. The minimum Gasteiger partial charge on any atom is -0.452 e. The number of rotatable bonds is 8. The minimum atomic E-state index is -1.15. The molecule has 0 aliphatic carbocycles. The van der Waals surface area contributed by atoms with E-state index in [1.165, 1.54) is 31.2 Å². The van der Waals surface area contributed by atoms with Crippen molar-refractivity contribution in [2.45, 2.75) is 32.5 Å². The third kappa shape index (κ3) is 4.27. The summed E-state index contributed by atoms with van der Waals surface area (Å²) in [4.78, 5) is 49.0. The molecule has 11 heteroatoms. The standard InChI is InChI=1S/C17H19N5O6/c1-8(13-12(9(2)18)16(24)20-13)15(23)14(21-19)17(25)28-7-10-3-5-11(6-4-10)22(26)27/h3-6,8-9,12-13H,7,18H2,1-2H3,(H,20,24)/t8?,9-,12-,13-/m1/s1. The highest BCUT2D eigenvalue weighted by molar-refractivity contribution is 6.62. The Balaban J connectivity index is 2.00. The lowest BCUT2D eigenvalue weighted by Crippen LogP contribution is -2.67. The van der Waals surface area contributed by atoms with E-state index in [1.54, 1.807) is 6.92 Å². The molecule has 0 radical (unpaired) electrons. The predicted octanol–water partition coefficient (Wildman–Crippen LogP) is -0.0242. The average Bonchev–Trinajstić information content (AvgIpc) is 2.63. The van der Waals surface area contributed by atoms with Crippen molar-refractivity contribution in [3.8, 4) is 0 Å². The molecule has 4 atom stereocenters. The number of nitrogens with two attached hydrogens (primary N) is 1. The number of ketones is 1. The van der Waals surface area contributed by atoms with E-state index in [-0.39, 0.29) is 18.2 Å². The van der Waals surface area contributed by atoms with Gasteiger partial charge in [0.05, 0.1) is 16.9 Å². The molecule has 0 aromatic heterocycles. The van der Waals surface area contributed by atoms with Crippen LogP contribution in [0.2, 0.25) is 0 Å². The number of nitro groups is 1. The second-order valence-corrected chi connectivity index (χ2v) is 6.52. The van der Waals surface area contributed by atoms with Crippen molar-refractivity contribution in [1.82, 2.24) is 5.32 Å². The van der Waals surface area contributed by atoms with Crippen LogP contribution in [-0.2, 0) is 25.7 Å². The first kappa shape index (κ1) is 20.9. The molecular formula is C17H19N5O6. The van der Waals surface area contributed by atoms with Crippen molar-refractivity contribution in [1.29, 1.82) is 0 Å². The zero-order chi connectivity index (χ0) is 21.0. The van der Waals surface area contributed by atoms with E-state index in [1.807, 2.05) is 0 Å². The number of hydrogen-bond donors (Lipinski definition) is 2. The molecule has 1 unspecified atom stereocenters. The maximum absolute atomic E-state index is 12.5. The summed E-state index contributed by atoms with van der Waals surface area (Å²) in [6.45, 7) is 2.84. The number of nitro benzene ring substituents is 1. The lowest BCUT2D eigenvalue weighted by molar-refractivity contribution is -0.384. The highest BCUT2D eigenvalue weighted by Gasteiger charge is 2.49. The number of Topliss-reactive ketones (excluding diaryl/α,β-unsaturated/α-hetero) is 1. The summed E-state index contributed by atoms with van der Waals surface area (Å²) in [6, 6.07) is 4.19. The number of nitrogens with one attached hydrogen (secondary N) is 1. The van der Waals surface area contributed by atoms with Gasteiger partial charge in [-0.25, -0.2) is 4.79 Å². The number of esters is 1. The molecule has 1 aliphatic heterocycles. The molecule has 2 rings (SSSR count). The van der Waals surface area contributed by atoms with Crippen LogP contribution < -0.4 is 11.1 Å². The van der Waals surface area contributed by atoms with Crippen molar-refractivity contribution in [3.05, 3.63) is 45.5 Å². The minimum absolute atomic E-state index is 0.122. The van der Waals surface area contributed by atoms with E-state index < -0.39 is 46.3 Å². The SMILES string of the molecule is CC(C(=O)C(=[N+]=[N-])C(=O)OCc1ccc([N+](=O)[O-])cc1)[C@H]1NC(=O)[C@@H]1[C@@H](C)N. The fraction of sp³-hybridized carbons (Fsp3) is 0.412. The smallest absolute Gasteiger partial charge is 0.441 e. The van der Waals surface area contributed by atoms with Gasteiger partial charge in [0.15, 0.2) is 0 Å². The number of amides is 1. The first-order valence-electron chi connectivity index (χ1n) is 8.40. The number of non-ortho nitro benzene ring substituents is 1. The van der Waals surface area contributed by atoms with E-state index in [0.29, 0.717) is 5.56 Å². The maximum Gasteiger partial charge on any atom is 0.441 e. The number of carbonyl (C=O) groups is 3. The largest absolute Gasteiger partial charge is 0.452 e. The van der Waals surface area contributed by atoms with Gasteiger partial charge in [0.2, 0.25) is 5.91 Å². The van der Waals surface area contributed by atoms with Crippen LogP contribution in [0, 0.1) is 22.0 Å². The summed E-state index contributed by atoms with van der Waals surface area (Å²) in [6.07, 6.45) is 0. The third-order valence-corrected chi connectivity index (χ3v) is 4.56. The van der Waals surface area contributed by atoms with Gasteiger partial charge in [-0.3, -0.25) is 19.7 Å². The summed E-state index contributed by atoms with van der Waals surface area (Å²) in [5.74, 6) is -3.68. The lowest BCUT2D eigenvalue weighted by atomic mass is 9.76. The molecule has 1 fully saturated rings. The van der Waals surface area contributed by atoms with Gasteiger partial charge in [-0.2, -0.15) is 4.79 Å². The van der Waals surface area contributed by atoms with Crippen molar-refractivity contribution >= 4 is 29.1 Å². The number of nitrogens with zero attached hydrogens (tertiary/aromatic N) is 3. The van der Waals surface area contributed by atoms with Crippen LogP contribution >= 0.6 is 0 Å². The Morgan fingerprint density at radius 3 is 2.43 bits per heavy atom. The van der Waals surface area contributed by atoms with Crippen LogP contribution in [-0.4, -0.2) is 45.2 Å². The first-order valence-corrected chi connectivity index (χ1v) is 8.40. The van der Waals surface area contributed by atoms with E-state index in [4.69, 9.17) is 16.0 Å². The highest BCUT2D eigenvalue weighted by atomic mass is 16.6. The van der Waals surface area contributed by atoms with Crippen molar-refractivity contribution in [2.75, 3.05) is 0 Å². The van der Waals surface area contributed by atoms with E-state index in [0.717, 1.165) is 0 Å². The van der Waals surface area contributed by atoms with Crippen LogP contribution in [0.3, 0.4) is 0 Å². The number of hydrogen-bond acceptors (Lipinski definition) is 7. The first-order chi connectivity index (χ1) is 13.2. The molecule has 11 nitrogen and oxygen atoms in total. The Bertz CT molecular complexity index is 859. The molecular weight excluding hydrogens is 370 g/mol. The molecule has 1 saturated heterocycles. The summed E-state index contributed by atoms with van der Waals surface area (Å²) < 4.78 is 4.95. The average molecular weight is 389 g/mol. The van der Waals surface area contributed by atoms with E-state index in [9.17, 15) is 24.5 Å². The predicted molar refractivity (Wildman–Crippen MR) is 94.8 cm³/mol. The number of β-lactam (4-membered cyclic amide) rings is 1. The zero-order valence-corrected chi connectivity index (χ0v) is 15.2. The quantitative estimate of drug-likeness (QED) is 0.0916. The molecule has 148 valence electrons. The van der Waals surface area contributed by atoms with Crippen LogP contribution in [0.5, 0.6) is 0 Å². The Kier molecular flexibility index (Phi) is 6.34. The molecule has 0 spiro atoms.